The lowest BCUT2D eigenvalue weighted by molar-refractivity contribution is 0.165. The molecule has 3 rings (SSSR count). The van der Waals surface area contributed by atoms with E-state index in [1.54, 1.807) is 0 Å². The van der Waals surface area contributed by atoms with Crippen molar-refractivity contribution in [3.8, 4) is 0 Å². The molecule has 4 heteroatoms. The van der Waals surface area contributed by atoms with Crippen molar-refractivity contribution in [2.45, 2.75) is 50.8 Å². The number of nitrogens with one attached hydrogen (secondary N) is 2. The van der Waals surface area contributed by atoms with Crippen molar-refractivity contribution in [2.75, 3.05) is 13.1 Å². The lowest BCUT2D eigenvalue weighted by Gasteiger charge is -2.43. The van der Waals surface area contributed by atoms with Gasteiger partial charge in [-0.1, -0.05) is 24.3 Å². The smallest absolute Gasteiger partial charge is 0.136 e. The van der Waals surface area contributed by atoms with Crippen LogP contribution in [-0.2, 0) is 24.2 Å². The van der Waals surface area contributed by atoms with Gasteiger partial charge >= 0.3 is 0 Å². The third-order valence-electron chi connectivity index (χ3n) is 4.90. The Morgan fingerprint density at radius 2 is 1.86 bits per heavy atom. The third kappa shape index (κ3) is 3.00. The van der Waals surface area contributed by atoms with Crippen molar-refractivity contribution in [3.05, 3.63) is 35.4 Å². The monoisotopic (exact) mass is 306 g/mol. The summed E-state index contributed by atoms with van der Waals surface area (Å²) in [7, 11) is 0. The second-order valence-electron chi connectivity index (χ2n) is 7.49. The van der Waals surface area contributed by atoms with Crippen LogP contribution in [0.15, 0.2) is 24.3 Å². The summed E-state index contributed by atoms with van der Waals surface area (Å²) >= 11 is -1.01. The Bertz CT molecular complexity index is 487. The maximum absolute atomic E-state index is 12.5. The molecule has 0 radical (unpaired) electrons. The van der Waals surface area contributed by atoms with Crippen molar-refractivity contribution in [2.24, 2.45) is 5.41 Å². The van der Waals surface area contributed by atoms with Crippen molar-refractivity contribution >= 4 is 11.4 Å². The zero-order valence-corrected chi connectivity index (χ0v) is 14.1. The molecule has 3 nitrogen and oxygen atoms in total. The van der Waals surface area contributed by atoms with Crippen molar-refractivity contribution in [1.82, 2.24) is 10.0 Å². The molecule has 2 atom stereocenters. The normalized spacial score (nSPS) is 25.8. The largest absolute Gasteiger partial charge is 0.598 e. The zero-order valence-electron chi connectivity index (χ0n) is 13.2. The SMILES string of the molecule is CC(C)(C)[S@@+]([O-])NC1CNCCC12Cc1ccccc1C2. The van der Waals surface area contributed by atoms with Crippen LogP contribution in [0.1, 0.15) is 38.3 Å². The molecule has 1 fully saturated rings. The Morgan fingerprint density at radius 1 is 1.24 bits per heavy atom. The minimum Gasteiger partial charge on any atom is -0.598 e. The van der Waals surface area contributed by atoms with Gasteiger partial charge in [0.15, 0.2) is 0 Å². The Morgan fingerprint density at radius 3 is 2.43 bits per heavy atom. The lowest BCUT2D eigenvalue weighted by atomic mass is 9.73. The highest BCUT2D eigenvalue weighted by Crippen LogP contribution is 2.43. The third-order valence-corrected chi connectivity index (χ3v) is 6.51. The van der Waals surface area contributed by atoms with Crippen LogP contribution >= 0.6 is 0 Å². The topological polar surface area (TPSA) is 47.1 Å². The molecule has 0 amide bonds. The Hall–Kier alpha value is -0.550. The van der Waals surface area contributed by atoms with E-state index in [4.69, 9.17) is 0 Å². The maximum Gasteiger partial charge on any atom is 0.136 e. The molecule has 21 heavy (non-hydrogen) atoms. The number of benzene rings is 1. The summed E-state index contributed by atoms with van der Waals surface area (Å²) in [6.45, 7) is 8.07. The van der Waals surface area contributed by atoms with E-state index in [1.165, 1.54) is 11.1 Å². The number of rotatable bonds is 2. The molecule has 0 bridgehead atoms. The van der Waals surface area contributed by atoms with E-state index in [9.17, 15) is 4.55 Å². The number of fused-ring (bicyclic) bond motifs is 1. The molecule has 0 saturated carbocycles. The first-order chi connectivity index (χ1) is 9.91. The Balaban J connectivity index is 1.80. The van der Waals surface area contributed by atoms with Gasteiger partial charge in [0.2, 0.25) is 0 Å². The van der Waals surface area contributed by atoms with Gasteiger partial charge in [-0.3, -0.25) is 0 Å². The van der Waals surface area contributed by atoms with E-state index >= 15 is 0 Å². The molecular formula is C17H26N2OS. The highest BCUT2D eigenvalue weighted by atomic mass is 32.2. The lowest BCUT2D eigenvalue weighted by Crippen LogP contribution is -2.60. The number of hydrogen-bond donors (Lipinski definition) is 2. The Labute approximate surface area is 131 Å². The minimum atomic E-state index is -1.01. The van der Waals surface area contributed by atoms with Crippen LogP contribution < -0.4 is 10.0 Å². The summed E-state index contributed by atoms with van der Waals surface area (Å²) in [4.78, 5) is 0. The van der Waals surface area contributed by atoms with Crippen LogP contribution in [0.3, 0.4) is 0 Å². The maximum atomic E-state index is 12.5. The van der Waals surface area contributed by atoms with Crippen molar-refractivity contribution < 1.29 is 4.55 Å². The summed E-state index contributed by atoms with van der Waals surface area (Å²) in [6, 6.07) is 9.05. The summed E-state index contributed by atoms with van der Waals surface area (Å²) in [5.41, 5.74) is 3.19. The van der Waals surface area contributed by atoms with Crippen LogP contribution in [-0.4, -0.2) is 28.4 Å². The molecule has 1 heterocycles. The van der Waals surface area contributed by atoms with Gasteiger partial charge in [0, 0.05) is 23.3 Å². The van der Waals surface area contributed by atoms with E-state index in [0.717, 1.165) is 32.4 Å². The molecule has 1 aliphatic heterocycles. The summed E-state index contributed by atoms with van der Waals surface area (Å²) < 4.78 is 15.7. The molecule has 2 N–H and O–H groups in total. The van der Waals surface area contributed by atoms with Gasteiger partial charge in [-0.25, -0.2) is 0 Å². The van der Waals surface area contributed by atoms with Gasteiger partial charge in [0.1, 0.15) is 4.75 Å². The molecule has 2 aliphatic rings. The Kier molecular flexibility index (Phi) is 4.08. The predicted molar refractivity (Wildman–Crippen MR) is 88.6 cm³/mol. The molecule has 1 aliphatic carbocycles. The summed E-state index contributed by atoms with van der Waals surface area (Å²) in [5.74, 6) is 0. The van der Waals surface area contributed by atoms with Crippen molar-refractivity contribution in [3.63, 3.8) is 0 Å². The fourth-order valence-electron chi connectivity index (χ4n) is 3.59. The average Bonchev–Trinajstić information content (AvgIpc) is 2.79. The van der Waals surface area contributed by atoms with Gasteiger partial charge in [-0.2, -0.15) is 0 Å². The molecule has 1 aromatic carbocycles. The highest BCUT2D eigenvalue weighted by Gasteiger charge is 2.47. The van der Waals surface area contributed by atoms with Crippen LogP contribution in [0.2, 0.25) is 0 Å². The second-order valence-corrected chi connectivity index (χ2v) is 9.49. The van der Waals surface area contributed by atoms with Crippen molar-refractivity contribution in [1.29, 1.82) is 0 Å². The standard InChI is InChI=1S/C17H26N2OS/c1-16(2,3)21(20)19-15-12-18-9-8-17(15)10-13-6-4-5-7-14(13)11-17/h4-7,15,18-19H,8-12H2,1-3H3/t15?,21-/m1/s1. The number of hydrogen-bond acceptors (Lipinski definition) is 3. The second kappa shape index (κ2) is 5.58. The predicted octanol–water partition coefficient (Wildman–Crippen LogP) is 2.19. The summed E-state index contributed by atoms with van der Waals surface area (Å²) in [5, 5.41) is 3.47. The zero-order chi connectivity index (χ0) is 15.1. The summed E-state index contributed by atoms with van der Waals surface area (Å²) in [6.07, 6.45) is 3.38. The van der Waals surface area contributed by atoms with Gasteiger partial charge in [-0.05, 0) is 57.7 Å². The quantitative estimate of drug-likeness (QED) is 0.823. The molecular weight excluding hydrogens is 280 g/mol. The molecule has 1 saturated heterocycles. The van der Waals surface area contributed by atoms with Gasteiger partial charge in [-0.15, -0.1) is 4.72 Å². The van der Waals surface area contributed by atoms with E-state index in [0.29, 0.717) is 0 Å². The van der Waals surface area contributed by atoms with Gasteiger partial charge in [0.25, 0.3) is 0 Å². The first-order valence-electron chi connectivity index (χ1n) is 7.86. The molecule has 1 unspecified atom stereocenters. The first kappa shape index (κ1) is 15.3. The average molecular weight is 306 g/mol. The van der Waals surface area contributed by atoms with Crippen LogP contribution in [0.4, 0.5) is 0 Å². The fourth-order valence-corrected chi connectivity index (χ4v) is 4.54. The highest BCUT2D eigenvalue weighted by molar-refractivity contribution is 7.90. The van der Waals surface area contributed by atoms with E-state index in [1.807, 2.05) is 20.8 Å². The van der Waals surface area contributed by atoms with Crippen LogP contribution in [0.5, 0.6) is 0 Å². The van der Waals surface area contributed by atoms with Gasteiger partial charge in [0.05, 0.1) is 6.04 Å². The minimum absolute atomic E-state index is 0.218. The van der Waals surface area contributed by atoms with Crippen LogP contribution in [0.25, 0.3) is 0 Å². The molecule has 0 aromatic heterocycles. The molecule has 116 valence electrons. The first-order valence-corrected chi connectivity index (χ1v) is 9.01. The van der Waals surface area contributed by atoms with Gasteiger partial charge < -0.3 is 9.87 Å². The molecule has 1 spiro atoms. The molecule has 1 aromatic rings. The van der Waals surface area contributed by atoms with Crippen LogP contribution in [0, 0.1) is 5.41 Å². The van der Waals surface area contributed by atoms with E-state index in [-0.39, 0.29) is 16.2 Å². The van der Waals surface area contributed by atoms with E-state index < -0.39 is 11.4 Å². The fraction of sp³-hybridized carbons (Fsp3) is 0.647. The van der Waals surface area contributed by atoms with E-state index in [2.05, 4.69) is 34.3 Å². The number of piperidine rings is 1.